The summed E-state index contributed by atoms with van der Waals surface area (Å²) < 4.78 is 18.2. The lowest BCUT2D eigenvalue weighted by atomic mass is 10.2. The first kappa shape index (κ1) is 13.7. The predicted molar refractivity (Wildman–Crippen MR) is 64.4 cm³/mol. The van der Waals surface area contributed by atoms with E-state index in [1.165, 1.54) is 26.0 Å². The minimum atomic E-state index is -0.870. The minimum Gasteiger partial charge on any atom is -0.446 e. The van der Waals surface area contributed by atoms with E-state index >= 15 is 0 Å². The van der Waals surface area contributed by atoms with Crippen molar-refractivity contribution in [2.75, 3.05) is 5.32 Å². The minimum absolute atomic E-state index is 0.275. The molecule has 4 nitrogen and oxygen atoms in total. The van der Waals surface area contributed by atoms with Crippen LogP contribution in [0.2, 0.25) is 0 Å². The van der Waals surface area contributed by atoms with Gasteiger partial charge in [0, 0.05) is 12.6 Å². The van der Waals surface area contributed by atoms with Gasteiger partial charge >= 0.3 is 5.97 Å². The molecule has 1 aromatic carbocycles. The standard InChI is InChI=1S/C13H12FNO3/c1-4-8(2)18-13(17)11-7-10(15-9(3)16)5-6-12(11)14/h1,5-8H,2-3H3,(H,15,16)/t8-/m1/s1. The van der Waals surface area contributed by atoms with Crippen LogP contribution in [0.15, 0.2) is 18.2 Å². The van der Waals surface area contributed by atoms with Crippen LogP contribution in [0, 0.1) is 18.2 Å². The van der Waals surface area contributed by atoms with Gasteiger partial charge in [0.2, 0.25) is 5.91 Å². The number of ether oxygens (including phenoxy) is 1. The lowest BCUT2D eigenvalue weighted by Crippen LogP contribution is -2.15. The molecule has 18 heavy (non-hydrogen) atoms. The zero-order chi connectivity index (χ0) is 13.7. The SMILES string of the molecule is C#C[C@@H](C)OC(=O)c1cc(NC(C)=O)ccc1F. The van der Waals surface area contributed by atoms with Crippen LogP contribution in [0.1, 0.15) is 24.2 Å². The van der Waals surface area contributed by atoms with Crippen molar-refractivity contribution in [1.82, 2.24) is 0 Å². The number of anilines is 1. The largest absolute Gasteiger partial charge is 0.446 e. The van der Waals surface area contributed by atoms with E-state index in [2.05, 4.69) is 11.2 Å². The summed E-state index contributed by atoms with van der Waals surface area (Å²) in [7, 11) is 0. The number of benzene rings is 1. The molecule has 0 aromatic heterocycles. The number of amides is 1. The van der Waals surface area contributed by atoms with Gasteiger partial charge in [-0.1, -0.05) is 5.92 Å². The van der Waals surface area contributed by atoms with Gasteiger partial charge in [-0.15, -0.1) is 6.42 Å². The maximum atomic E-state index is 13.4. The number of rotatable bonds is 3. The Morgan fingerprint density at radius 2 is 2.17 bits per heavy atom. The summed E-state index contributed by atoms with van der Waals surface area (Å²) in [6.45, 7) is 2.80. The first-order valence-electron chi connectivity index (χ1n) is 5.18. The Morgan fingerprint density at radius 3 is 2.72 bits per heavy atom. The number of halogens is 1. The summed E-state index contributed by atoms with van der Waals surface area (Å²) >= 11 is 0. The summed E-state index contributed by atoms with van der Waals surface area (Å²) in [4.78, 5) is 22.5. The number of hydrogen-bond donors (Lipinski definition) is 1. The number of terminal acetylenes is 1. The van der Waals surface area contributed by atoms with E-state index in [-0.39, 0.29) is 11.5 Å². The molecule has 0 radical (unpaired) electrons. The van der Waals surface area contributed by atoms with Crippen molar-refractivity contribution in [3.63, 3.8) is 0 Å². The molecule has 0 bridgehead atoms. The van der Waals surface area contributed by atoms with Crippen molar-refractivity contribution in [2.45, 2.75) is 20.0 Å². The smallest absolute Gasteiger partial charge is 0.342 e. The zero-order valence-electron chi connectivity index (χ0n) is 9.99. The van der Waals surface area contributed by atoms with Crippen LogP contribution in [-0.2, 0) is 9.53 Å². The van der Waals surface area contributed by atoms with E-state index in [1.54, 1.807) is 0 Å². The van der Waals surface area contributed by atoms with Crippen LogP contribution in [0.5, 0.6) is 0 Å². The number of hydrogen-bond acceptors (Lipinski definition) is 3. The maximum Gasteiger partial charge on any atom is 0.342 e. The second-order valence-electron chi connectivity index (χ2n) is 3.59. The van der Waals surface area contributed by atoms with Crippen molar-refractivity contribution in [2.24, 2.45) is 0 Å². The van der Waals surface area contributed by atoms with Crippen molar-refractivity contribution in [3.8, 4) is 12.3 Å². The monoisotopic (exact) mass is 249 g/mol. The topological polar surface area (TPSA) is 55.4 Å². The third-order valence-electron chi connectivity index (χ3n) is 2.03. The molecule has 1 aromatic rings. The molecule has 0 aliphatic rings. The molecule has 0 aliphatic heterocycles. The molecule has 1 amide bonds. The molecule has 0 spiro atoms. The quantitative estimate of drug-likeness (QED) is 0.658. The van der Waals surface area contributed by atoms with Crippen LogP contribution in [0.25, 0.3) is 0 Å². The highest BCUT2D eigenvalue weighted by Gasteiger charge is 2.16. The second-order valence-corrected chi connectivity index (χ2v) is 3.59. The first-order chi connectivity index (χ1) is 8.43. The lowest BCUT2D eigenvalue weighted by molar-refractivity contribution is -0.114. The van der Waals surface area contributed by atoms with Gasteiger partial charge in [0.05, 0.1) is 5.56 Å². The third-order valence-corrected chi connectivity index (χ3v) is 2.03. The van der Waals surface area contributed by atoms with Gasteiger partial charge in [0.1, 0.15) is 5.82 Å². The van der Waals surface area contributed by atoms with Gasteiger partial charge in [-0.05, 0) is 25.1 Å². The van der Waals surface area contributed by atoms with E-state index < -0.39 is 17.9 Å². The number of carbonyl (C=O) groups excluding carboxylic acids is 2. The fourth-order valence-electron chi connectivity index (χ4n) is 1.22. The number of nitrogens with one attached hydrogen (secondary N) is 1. The van der Waals surface area contributed by atoms with E-state index in [4.69, 9.17) is 11.2 Å². The van der Waals surface area contributed by atoms with E-state index in [9.17, 15) is 14.0 Å². The van der Waals surface area contributed by atoms with Gasteiger partial charge in [-0.2, -0.15) is 0 Å². The van der Waals surface area contributed by atoms with Crippen molar-refractivity contribution >= 4 is 17.6 Å². The normalized spacial score (nSPS) is 11.2. The van der Waals surface area contributed by atoms with Crippen LogP contribution >= 0.6 is 0 Å². The lowest BCUT2D eigenvalue weighted by Gasteiger charge is -2.09. The number of esters is 1. The zero-order valence-corrected chi connectivity index (χ0v) is 9.99. The van der Waals surface area contributed by atoms with Crippen LogP contribution in [-0.4, -0.2) is 18.0 Å². The predicted octanol–water partition coefficient (Wildman–Crippen LogP) is 1.96. The molecule has 0 saturated heterocycles. The maximum absolute atomic E-state index is 13.4. The van der Waals surface area contributed by atoms with Gasteiger partial charge in [-0.25, -0.2) is 9.18 Å². The molecule has 1 N–H and O–H groups in total. The van der Waals surface area contributed by atoms with Gasteiger partial charge in [0.25, 0.3) is 0 Å². The summed E-state index contributed by atoms with van der Waals surface area (Å²) in [5.41, 5.74) is 0.0348. The van der Waals surface area contributed by atoms with Crippen LogP contribution < -0.4 is 5.32 Å². The molecule has 0 unspecified atom stereocenters. The fraction of sp³-hybridized carbons (Fsp3) is 0.231. The molecule has 5 heteroatoms. The molecule has 1 atom stereocenters. The summed E-state index contributed by atoms with van der Waals surface area (Å²) in [5.74, 6) is 0.267. The highest BCUT2D eigenvalue weighted by Crippen LogP contribution is 2.16. The Labute approximate surface area is 104 Å². The molecule has 0 saturated carbocycles. The molecular weight excluding hydrogens is 237 g/mol. The molecule has 0 fully saturated rings. The van der Waals surface area contributed by atoms with E-state index in [0.29, 0.717) is 5.69 Å². The van der Waals surface area contributed by atoms with Crippen molar-refractivity contribution in [3.05, 3.63) is 29.6 Å². The third kappa shape index (κ3) is 3.59. The Bertz CT molecular complexity index is 519. The van der Waals surface area contributed by atoms with Crippen LogP contribution in [0.3, 0.4) is 0 Å². The Hall–Kier alpha value is -2.35. The van der Waals surface area contributed by atoms with Crippen LogP contribution in [0.4, 0.5) is 10.1 Å². The average Bonchev–Trinajstić information content (AvgIpc) is 2.30. The molecular formula is C13H12FNO3. The van der Waals surface area contributed by atoms with E-state index in [0.717, 1.165) is 6.07 Å². The first-order valence-corrected chi connectivity index (χ1v) is 5.18. The molecule has 1 rings (SSSR count). The Balaban J connectivity index is 2.97. The van der Waals surface area contributed by atoms with Gasteiger partial charge < -0.3 is 10.1 Å². The Kier molecular flexibility index (Phi) is 4.44. The summed E-state index contributed by atoms with van der Waals surface area (Å²) in [5, 5.41) is 2.44. The summed E-state index contributed by atoms with van der Waals surface area (Å²) in [6.07, 6.45) is 4.31. The van der Waals surface area contributed by atoms with Gasteiger partial charge in [0.15, 0.2) is 6.10 Å². The molecule has 0 aliphatic carbocycles. The number of carbonyl (C=O) groups is 2. The molecule has 94 valence electrons. The highest BCUT2D eigenvalue weighted by molar-refractivity contribution is 5.94. The Morgan fingerprint density at radius 1 is 1.50 bits per heavy atom. The fourth-order valence-corrected chi connectivity index (χ4v) is 1.22. The van der Waals surface area contributed by atoms with Gasteiger partial charge in [-0.3, -0.25) is 4.79 Å². The second kappa shape index (κ2) is 5.82. The van der Waals surface area contributed by atoms with Crippen molar-refractivity contribution < 1.29 is 18.7 Å². The molecule has 0 heterocycles. The van der Waals surface area contributed by atoms with Crippen molar-refractivity contribution in [1.29, 1.82) is 0 Å². The highest BCUT2D eigenvalue weighted by atomic mass is 19.1. The summed E-state index contributed by atoms with van der Waals surface area (Å²) in [6, 6.07) is 3.61. The average molecular weight is 249 g/mol. The van der Waals surface area contributed by atoms with E-state index in [1.807, 2.05) is 0 Å².